The van der Waals surface area contributed by atoms with Crippen LogP contribution < -0.4 is 16.0 Å². The van der Waals surface area contributed by atoms with E-state index in [2.05, 4.69) is 16.0 Å². The van der Waals surface area contributed by atoms with E-state index in [0.29, 0.717) is 28.4 Å². The molecule has 0 aromatic heterocycles. The molecule has 1 heterocycles. The molecule has 31 heavy (non-hydrogen) atoms. The summed E-state index contributed by atoms with van der Waals surface area (Å²) >= 11 is 6.41. The average Bonchev–Trinajstić information content (AvgIpc) is 3.09. The minimum atomic E-state index is -4.50. The van der Waals surface area contributed by atoms with E-state index >= 15 is 0 Å². The fourth-order valence-electron chi connectivity index (χ4n) is 3.38. The van der Waals surface area contributed by atoms with Gasteiger partial charge in [-0.3, -0.25) is 4.79 Å². The fraction of sp³-hybridized carbons (Fsp3) is 0.0909. The zero-order valence-corrected chi connectivity index (χ0v) is 16.6. The summed E-state index contributed by atoms with van der Waals surface area (Å²) in [4.78, 5) is 24.1. The molecule has 4 rings (SSSR count). The molecule has 9 heteroatoms. The fourth-order valence-corrected chi connectivity index (χ4v) is 3.67. The maximum Gasteiger partial charge on any atom is 0.416 e. The van der Waals surface area contributed by atoms with Gasteiger partial charge in [0, 0.05) is 29.0 Å². The maximum atomic E-state index is 12.8. The van der Waals surface area contributed by atoms with Gasteiger partial charge in [-0.1, -0.05) is 35.9 Å². The number of benzene rings is 3. The number of anilines is 2. The molecule has 0 saturated heterocycles. The number of fused-ring (bicyclic) bond motifs is 1. The molecule has 0 unspecified atom stereocenters. The topological polar surface area (TPSA) is 70.2 Å². The van der Waals surface area contributed by atoms with Crippen molar-refractivity contribution in [3.05, 3.63) is 82.4 Å². The van der Waals surface area contributed by atoms with E-state index in [9.17, 15) is 22.8 Å². The van der Waals surface area contributed by atoms with Crippen LogP contribution >= 0.6 is 11.6 Å². The Morgan fingerprint density at radius 1 is 0.903 bits per heavy atom. The summed E-state index contributed by atoms with van der Waals surface area (Å²) in [6.07, 6.45) is -4.50. The zero-order chi connectivity index (χ0) is 22.2. The second-order valence-electron chi connectivity index (χ2n) is 6.87. The van der Waals surface area contributed by atoms with Gasteiger partial charge in [0.2, 0.25) is 0 Å². The van der Waals surface area contributed by atoms with Crippen molar-refractivity contribution >= 4 is 34.9 Å². The quantitative estimate of drug-likeness (QED) is 0.469. The van der Waals surface area contributed by atoms with Crippen molar-refractivity contribution in [1.29, 1.82) is 0 Å². The Morgan fingerprint density at radius 3 is 2.29 bits per heavy atom. The van der Waals surface area contributed by atoms with E-state index in [1.807, 2.05) is 6.07 Å². The van der Waals surface area contributed by atoms with Gasteiger partial charge in [-0.25, -0.2) is 4.79 Å². The Balaban J connectivity index is 1.51. The number of hydrogen-bond acceptors (Lipinski definition) is 2. The molecule has 0 fully saturated rings. The molecular weight excluding hydrogens is 431 g/mol. The molecule has 0 spiro atoms. The van der Waals surface area contributed by atoms with Crippen LogP contribution in [0.25, 0.3) is 11.1 Å². The highest BCUT2D eigenvalue weighted by molar-refractivity contribution is 6.33. The van der Waals surface area contributed by atoms with Crippen LogP contribution in [0.15, 0.2) is 60.7 Å². The molecule has 1 aliphatic rings. The number of carbonyl (C=O) groups is 2. The SMILES string of the molecule is O=C(Nc1cccc(C(F)(F)F)c1)Nc1ccc(-c2cccc3c2CNC3=O)c(Cl)c1. The van der Waals surface area contributed by atoms with Crippen LogP contribution in [0.3, 0.4) is 0 Å². The number of nitrogens with one attached hydrogen (secondary N) is 3. The van der Waals surface area contributed by atoms with Gasteiger partial charge in [-0.2, -0.15) is 13.2 Å². The molecule has 0 radical (unpaired) electrons. The Labute approximate surface area is 180 Å². The first kappa shape index (κ1) is 20.7. The summed E-state index contributed by atoms with van der Waals surface area (Å²) in [5, 5.41) is 8.04. The predicted molar refractivity (Wildman–Crippen MR) is 112 cm³/mol. The van der Waals surface area contributed by atoms with E-state index in [0.717, 1.165) is 23.3 Å². The summed E-state index contributed by atoms with van der Waals surface area (Å²) in [6.45, 7) is 0.403. The third-order valence-corrected chi connectivity index (χ3v) is 5.12. The lowest BCUT2D eigenvalue weighted by Gasteiger charge is -2.13. The number of amides is 3. The first-order valence-electron chi connectivity index (χ1n) is 9.17. The Kier molecular flexibility index (Phi) is 5.32. The molecule has 3 aromatic carbocycles. The lowest BCUT2D eigenvalue weighted by molar-refractivity contribution is -0.137. The van der Waals surface area contributed by atoms with E-state index in [-0.39, 0.29) is 11.6 Å². The molecule has 0 aliphatic carbocycles. The first-order valence-corrected chi connectivity index (χ1v) is 9.55. The van der Waals surface area contributed by atoms with Gasteiger partial charge in [0.05, 0.1) is 10.6 Å². The highest BCUT2D eigenvalue weighted by atomic mass is 35.5. The largest absolute Gasteiger partial charge is 0.416 e. The van der Waals surface area contributed by atoms with Gasteiger partial charge in [0.1, 0.15) is 0 Å². The molecule has 3 aromatic rings. The molecule has 0 bridgehead atoms. The zero-order valence-electron chi connectivity index (χ0n) is 15.8. The van der Waals surface area contributed by atoms with Crippen molar-refractivity contribution in [2.24, 2.45) is 0 Å². The Hall–Kier alpha value is -3.52. The van der Waals surface area contributed by atoms with Crippen LogP contribution in [0, 0.1) is 0 Å². The van der Waals surface area contributed by atoms with Gasteiger partial charge in [-0.15, -0.1) is 0 Å². The third kappa shape index (κ3) is 4.34. The highest BCUT2D eigenvalue weighted by Crippen LogP contribution is 2.35. The smallest absolute Gasteiger partial charge is 0.348 e. The standard InChI is InChI=1S/C22H15ClF3N3O2/c23-19-10-14(29-21(31)28-13-4-1-3-12(9-13)22(24,25)26)7-8-16(19)15-5-2-6-17-18(15)11-27-20(17)30/h1-10H,11H2,(H,27,30)(H2,28,29,31). The second kappa shape index (κ2) is 7.96. The van der Waals surface area contributed by atoms with Gasteiger partial charge in [0.25, 0.3) is 5.91 Å². The normalized spacial score (nSPS) is 12.8. The van der Waals surface area contributed by atoms with E-state index in [1.54, 1.807) is 24.3 Å². The van der Waals surface area contributed by atoms with Crippen molar-refractivity contribution < 1.29 is 22.8 Å². The number of hydrogen-bond donors (Lipinski definition) is 3. The predicted octanol–water partition coefficient (Wildman–Crippen LogP) is 5.91. The maximum absolute atomic E-state index is 12.8. The molecule has 0 saturated carbocycles. The van der Waals surface area contributed by atoms with Crippen LogP contribution in [0.5, 0.6) is 0 Å². The minimum Gasteiger partial charge on any atom is -0.348 e. The first-order chi connectivity index (χ1) is 14.7. The van der Waals surface area contributed by atoms with E-state index in [4.69, 9.17) is 11.6 Å². The summed E-state index contributed by atoms with van der Waals surface area (Å²) < 4.78 is 38.4. The molecule has 5 nitrogen and oxygen atoms in total. The Morgan fingerprint density at radius 2 is 1.58 bits per heavy atom. The van der Waals surface area contributed by atoms with Gasteiger partial charge >= 0.3 is 12.2 Å². The van der Waals surface area contributed by atoms with E-state index < -0.39 is 17.8 Å². The van der Waals surface area contributed by atoms with E-state index in [1.165, 1.54) is 18.2 Å². The van der Waals surface area contributed by atoms with Gasteiger partial charge in [0.15, 0.2) is 0 Å². The van der Waals surface area contributed by atoms with Crippen LogP contribution in [-0.2, 0) is 12.7 Å². The van der Waals surface area contributed by atoms with Crippen LogP contribution in [-0.4, -0.2) is 11.9 Å². The van der Waals surface area contributed by atoms with Gasteiger partial charge < -0.3 is 16.0 Å². The summed E-state index contributed by atoms with van der Waals surface area (Å²) in [7, 11) is 0. The minimum absolute atomic E-state index is 0.00653. The second-order valence-corrected chi connectivity index (χ2v) is 7.27. The summed E-state index contributed by atoms with van der Waals surface area (Å²) in [5.41, 5.74) is 2.45. The summed E-state index contributed by atoms with van der Waals surface area (Å²) in [5.74, 6) is -0.141. The third-order valence-electron chi connectivity index (χ3n) is 4.81. The van der Waals surface area contributed by atoms with Crippen molar-refractivity contribution in [2.75, 3.05) is 10.6 Å². The van der Waals surface area contributed by atoms with Crippen molar-refractivity contribution in [3.63, 3.8) is 0 Å². The number of carbonyl (C=O) groups excluding carboxylic acids is 2. The van der Waals surface area contributed by atoms with Crippen LogP contribution in [0.1, 0.15) is 21.5 Å². The molecule has 3 N–H and O–H groups in total. The number of alkyl halides is 3. The number of rotatable bonds is 3. The Bertz CT molecular complexity index is 1190. The van der Waals surface area contributed by atoms with Gasteiger partial charge in [-0.05, 0) is 47.5 Å². The van der Waals surface area contributed by atoms with Crippen LogP contribution in [0.4, 0.5) is 29.3 Å². The average molecular weight is 446 g/mol. The van der Waals surface area contributed by atoms with Crippen molar-refractivity contribution in [1.82, 2.24) is 5.32 Å². The molecule has 1 aliphatic heterocycles. The summed E-state index contributed by atoms with van der Waals surface area (Å²) in [6, 6.07) is 13.9. The molecule has 158 valence electrons. The molecule has 0 atom stereocenters. The number of halogens is 4. The monoisotopic (exact) mass is 445 g/mol. The van der Waals surface area contributed by atoms with Crippen molar-refractivity contribution in [2.45, 2.75) is 12.7 Å². The van der Waals surface area contributed by atoms with Crippen LogP contribution in [0.2, 0.25) is 5.02 Å². The number of urea groups is 1. The molecule has 3 amide bonds. The van der Waals surface area contributed by atoms with Crippen molar-refractivity contribution in [3.8, 4) is 11.1 Å². The lowest BCUT2D eigenvalue weighted by atomic mass is 9.96. The molecular formula is C22H15ClF3N3O2. The lowest BCUT2D eigenvalue weighted by Crippen LogP contribution is -2.19. The highest BCUT2D eigenvalue weighted by Gasteiger charge is 2.30.